The summed E-state index contributed by atoms with van der Waals surface area (Å²) < 4.78 is 0. The first kappa shape index (κ1) is 10.8. The van der Waals surface area contributed by atoms with Gasteiger partial charge in [-0.3, -0.25) is 11.3 Å². The summed E-state index contributed by atoms with van der Waals surface area (Å²) >= 11 is 0. The summed E-state index contributed by atoms with van der Waals surface area (Å²) in [5, 5.41) is 0. The van der Waals surface area contributed by atoms with Crippen molar-refractivity contribution >= 4 is 0 Å². The van der Waals surface area contributed by atoms with Gasteiger partial charge in [0.2, 0.25) is 0 Å². The molecule has 4 heteroatoms. The maximum Gasteiger partial charge on any atom is 0.125 e. The SMILES string of the molecule is C=C(C)CC(NN)c1ccnc(C)n1. The van der Waals surface area contributed by atoms with E-state index in [9.17, 15) is 0 Å². The van der Waals surface area contributed by atoms with Crippen LogP contribution >= 0.6 is 0 Å². The van der Waals surface area contributed by atoms with E-state index in [1.165, 1.54) is 0 Å². The zero-order chi connectivity index (χ0) is 10.6. The molecule has 14 heavy (non-hydrogen) atoms. The van der Waals surface area contributed by atoms with E-state index in [2.05, 4.69) is 22.0 Å². The third-order valence-electron chi connectivity index (χ3n) is 1.91. The van der Waals surface area contributed by atoms with E-state index in [4.69, 9.17) is 5.84 Å². The van der Waals surface area contributed by atoms with Crippen molar-refractivity contribution in [1.82, 2.24) is 15.4 Å². The first-order valence-electron chi connectivity index (χ1n) is 4.53. The van der Waals surface area contributed by atoms with Crippen LogP contribution in [0.5, 0.6) is 0 Å². The number of nitrogens with two attached hydrogens (primary N) is 1. The fourth-order valence-electron chi connectivity index (χ4n) is 1.27. The molecule has 0 saturated heterocycles. The van der Waals surface area contributed by atoms with Crippen LogP contribution in [0.1, 0.15) is 30.9 Å². The van der Waals surface area contributed by atoms with E-state index >= 15 is 0 Å². The maximum atomic E-state index is 5.45. The second kappa shape index (κ2) is 4.83. The summed E-state index contributed by atoms with van der Waals surface area (Å²) in [5.74, 6) is 6.21. The summed E-state index contributed by atoms with van der Waals surface area (Å²) in [4.78, 5) is 8.34. The number of aryl methyl sites for hydroxylation is 1. The molecular formula is C10H16N4. The van der Waals surface area contributed by atoms with E-state index in [1.54, 1.807) is 6.20 Å². The second-order valence-electron chi connectivity index (χ2n) is 3.41. The minimum absolute atomic E-state index is 0.0224. The highest BCUT2D eigenvalue weighted by molar-refractivity contribution is 5.10. The first-order valence-corrected chi connectivity index (χ1v) is 4.53. The van der Waals surface area contributed by atoms with Crippen LogP contribution in [-0.2, 0) is 0 Å². The summed E-state index contributed by atoms with van der Waals surface area (Å²) in [6.07, 6.45) is 2.52. The minimum atomic E-state index is 0.0224. The Hall–Kier alpha value is -1.26. The Bertz CT molecular complexity index is 322. The molecule has 0 fully saturated rings. The van der Waals surface area contributed by atoms with Crippen LogP contribution in [0.3, 0.4) is 0 Å². The van der Waals surface area contributed by atoms with Gasteiger partial charge < -0.3 is 0 Å². The lowest BCUT2D eigenvalue weighted by Gasteiger charge is -2.15. The quantitative estimate of drug-likeness (QED) is 0.428. The van der Waals surface area contributed by atoms with E-state index in [1.807, 2.05) is 19.9 Å². The molecule has 1 heterocycles. The van der Waals surface area contributed by atoms with Crippen molar-refractivity contribution in [2.45, 2.75) is 26.3 Å². The number of hydrogen-bond acceptors (Lipinski definition) is 4. The van der Waals surface area contributed by atoms with Crippen LogP contribution in [0.2, 0.25) is 0 Å². The lowest BCUT2D eigenvalue weighted by Crippen LogP contribution is -2.29. The fourth-order valence-corrected chi connectivity index (χ4v) is 1.27. The van der Waals surface area contributed by atoms with Crippen LogP contribution in [-0.4, -0.2) is 9.97 Å². The predicted molar refractivity (Wildman–Crippen MR) is 56.3 cm³/mol. The number of aromatic nitrogens is 2. The third-order valence-corrected chi connectivity index (χ3v) is 1.91. The Balaban J connectivity index is 2.83. The minimum Gasteiger partial charge on any atom is -0.271 e. The van der Waals surface area contributed by atoms with Crippen molar-refractivity contribution in [3.8, 4) is 0 Å². The number of nitrogens with zero attached hydrogens (tertiary/aromatic N) is 2. The molecular weight excluding hydrogens is 176 g/mol. The van der Waals surface area contributed by atoms with Gasteiger partial charge in [0.15, 0.2) is 0 Å². The molecule has 76 valence electrons. The van der Waals surface area contributed by atoms with Crippen molar-refractivity contribution in [1.29, 1.82) is 0 Å². The van der Waals surface area contributed by atoms with E-state index in [-0.39, 0.29) is 6.04 Å². The smallest absolute Gasteiger partial charge is 0.125 e. The van der Waals surface area contributed by atoms with Gasteiger partial charge in [-0.25, -0.2) is 9.97 Å². The molecule has 0 radical (unpaired) electrons. The van der Waals surface area contributed by atoms with E-state index in [0.29, 0.717) is 0 Å². The molecule has 0 aliphatic heterocycles. The standard InChI is InChI=1S/C10H16N4/c1-7(2)6-10(14-11)9-4-5-12-8(3)13-9/h4-5,10,14H,1,6,11H2,2-3H3. The molecule has 3 N–H and O–H groups in total. The van der Waals surface area contributed by atoms with Crippen molar-refractivity contribution in [3.05, 3.63) is 35.9 Å². The lowest BCUT2D eigenvalue weighted by molar-refractivity contribution is 0.534. The van der Waals surface area contributed by atoms with Crippen LogP contribution in [0.15, 0.2) is 24.4 Å². The average molecular weight is 192 g/mol. The Morgan fingerprint density at radius 2 is 2.43 bits per heavy atom. The highest BCUT2D eigenvalue weighted by Gasteiger charge is 2.10. The average Bonchev–Trinajstić information content (AvgIpc) is 2.14. The topological polar surface area (TPSA) is 63.8 Å². The molecule has 0 bridgehead atoms. The molecule has 0 aliphatic rings. The molecule has 1 aromatic heterocycles. The highest BCUT2D eigenvalue weighted by atomic mass is 15.2. The molecule has 1 rings (SSSR count). The highest BCUT2D eigenvalue weighted by Crippen LogP contribution is 2.16. The van der Waals surface area contributed by atoms with Crippen molar-refractivity contribution < 1.29 is 0 Å². The number of rotatable bonds is 4. The molecule has 4 nitrogen and oxygen atoms in total. The molecule has 0 spiro atoms. The zero-order valence-corrected chi connectivity index (χ0v) is 8.62. The second-order valence-corrected chi connectivity index (χ2v) is 3.41. The van der Waals surface area contributed by atoms with Crippen LogP contribution in [0.25, 0.3) is 0 Å². The summed E-state index contributed by atoms with van der Waals surface area (Å²) in [5.41, 5.74) is 4.70. The predicted octanol–water partition coefficient (Wildman–Crippen LogP) is 1.26. The van der Waals surface area contributed by atoms with Crippen molar-refractivity contribution in [2.75, 3.05) is 0 Å². The van der Waals surface area contributed by atoms with Gasteiger partial charge in [0.05, 0.1) is 11.7 Å². The van der Waals surface area contributed by atoms with Gasteiger partial charge in [0, 0.05) is 6.20 Å². The fraction of sp³-hybridized carbons (Fsp3) is 0.400. The van der Waals surface area contributed by atoms with E-state index < -0.39 is 0 Å². The number of hydrogen-bond donors (Lipinski definition) is 2. The summed E-state index contributed by atoms with van der Waals surface area (Å²) in [7, 11) is 0. The zero-order valence-electron chi connectivity index (χ0n) is 8.62. The number of nitrogens with one attached hydrogen (secondary N) is 1. The Morgan fingerprint density at radius 1 is 1.71 bits per heavy atom. The molecule has 0 aromatic carbocycles. The molecule has 0 aliphatic carbocycles. The Morgan fingerprint density at radius 3 is 2.93 bits per heavy atom. The maximum absolute atomic E-state index is 5.45. The van der Waals surface area contributed by atoms with Gasteiger partial charge in [-0.15, -0.1) is 6.58 Å². The Kier molecular flexibility index (Phi) is 3.73. The van der Waals surface area contributed by atoms with Gasteiger partial charge in [-0.05, 0) is 26.3 Å². The van der Waals surface area contributed by atoms with Crippen LogP contribution in [0, 0.1) is 6.92 Å². The molecule has 1 atom stereocenters. The van der Waals surface area contributed by atoms with Gasteiger partial charge in [0.25, 0.3) is 0 Å². The first-order chi connectivity index (χ1) is 6.63. The van der Waals surface area contributed by atoms with Crippen molar-refractivity contribution in [2.24, 2.45) is 5.84 Å². The molecule has 0 saturated carbocycles. The number of hydrazine groups is 1. The van der Waals surface area contributed by atoms with Gasteiger partial charge in [0.1, 0.15) is 5.82 Å². The van der Waals surface area contributed by atoms with Gasteiger partial charge >= 0.3 is 0 Å². The third kappa shape index (κ3) is 2.90. The Labute approximate surface area is 84.2 Å². The van der Waals surface area contributed by atoms with Crippen molar-refractivity contribution in [3.63, 3.8) is 0 Å². The summed E-state index contributed by atoms with van der Waals surface area (Å²) in [6, 6.07) is 1.88. The summed E-state index contributed by atoms with van der Waals surface area (Å²) in [6.45, 7) is 7.68. The van der Waals surface area contributed by atoms with Crippen LogP contribution < -0.4 is 11.3 Å². The monoisotopic (exact) mass is 192 g/mol. The van der Waals surface area contributed by atoms with E-state index in [0.717, 1.165) is 23.5 Å². The largest absolute Gasteiger partial charge is 0.271 e. The molecule has 0 amide bonds. The lowest BCUT2D eigenvalue weighted by atomic mass is 10.1. The van der Waals surface area contributed by atoms with Gasteiger partial charge in [-0.1, -0.05) is 5.57 Å². The molecule has 1 aromatic rings. The van der Waals surface area contributed by atoms with Gasteiger partial charge in [-0.2, -0.15) is 0 Å². The normalized spacial score (nSPS) is 12.5. The van der Waals surface area contributed by atoms with Crippen LogP contribution in [0.4, 0.5) is 0 Å². The molecule has 1 unspecified atom stereocenters.